The Hall–Kier alpha value is -2.86. The second-order valence-corrected chi connectivity index (χ2v) is 6.60. The van der Waals surface area contributed by atoms with Crippen LogP contribution in [0.15, 0.2) is 72.8 Å². The standard InChI is InChI=1S/C23H14/c1-2-7-19-14(4-1)8-10-17-12-18-11-9-15-5-3-6-16-13-20(22(17)19)23(18)21(15)16/h1-12H,13H2. The fourth-order valence-electron chi connectivity index (χ4n) is 4.47. The van der Waals surface area contributed by atoms with E-state index in [1.165, 1.54) is 54.2 Å². The molecule has 1 aliphatic rings. The van der Waals surface area contributed by atoms with E-state index < -0.39 is 0 Å². The zero-order valence-electron chi connectivity index (χ0n) is 12.6. The quantitative estimate of drug-likeness (QED) is 0.231. The summed E-state index contributed by atoms with van der Waals surface area (Å²) in [5.41, 5.74) is 2.99. The molecule has 0 aliphatic heterocycles. The lowest BCUT2D eigenvalue weighted by Crippen LogP contribution is -1.86. The van der Waals surface area contributed by atoms with Gasteiger partial charge in [0.25, 0.3) is 0 Å². The molecule has 0 amide bonds. The highest BCUT2D eigenvalue weighted by Gasteiger charge is 2.20. The van der Waals surface area contributed by atoms with E-state index in [1.54, 1.807) is 0 Å². The van der Waals surface area contributed by atoms with E-state index >= 15 is 0 Å². The van der Waals surface area contributed by atoms with Crippen molar-refractivity contribution in [2.75, 3.05) is 0 Å². The first-order valence-electron chi connectivity index (χ1n) is 8.18. The third-order valence-electron chi connectivity index (χ3n) is 5.41. The molecular formula is C23H14. The van der Waals surface area contributed by atoms with Gasteiger partial charge in [-0.05, 0) is 66.7 Å². The van der Waals surface area contributed by atoms with Crippen molar-refractivity contribution in [1.29, 1.82) is 0 Å². The van der Waals surface area contributed by atoms with Crippen LogP contribution in [0, 0.1) is 0 Å². The van der Waals surface area contributed by atoms with Crippen molar-refractivity contribution in [3.8, 4) is 0 Å². The summed E-state index contributed by atoms with van der Waals surface area (Å²) in [5.74, 6) is 0. The van der Waals surface area contributed by atoms with Crippen LogP contribution in [0.2, 0.25) is 0 Å². The first kappa shape index (κ1) is 11.7. The van der Waals surface area contributed by atoms with Gasteiger partial charge in [0, 0.05) is 0 Å². The van der Waals surface area contributed by atoms with Crippen LogP contribution in [-0.2, 0) is 6.42 Å². The van der Waals surface area contributed by atoms with Crippen LogP contribution in [0.5, 0.6) is 0 Å². The van der Waals surface area contributed by atoms with E-state index in [0.29, 0.717) is 0 Å². The third-order valence-corrected chi connectivity index (χ3v) is 5.41. The summed E-state index contributed by atoms with van der Waals surface area (Å²) in [6.45, 7) is 0. The highest BCUT2D eigenvalue weighted by Crippen LogP contribution is 2.43. The van der Waals surface area contributed by atoms with Gasteiger partial charge in [0.15, 0.2) is 0 Å². The Morgan fingerprint density at radius 3 is 2.22 bits per heavy atom. The maximum atomic E-state index is 2.36. The van der Waals surface area contributed by atoms with Gasteiger partial charge in [-0.25, -0.2) is 0 Å². The molecule has 0 radical (unpaired) electrons. The average Bonchev–Trinajstić information content (AvgIpc) is 3.00. The van der Waals surface area contributed by atoms with Crippen LogP contribution in [0.3, 0.4) is 0 Å². The molecule has 5 aromatic rings. The molecule has 1 aliphatic carbocycles. The normalized spacial score (nSPS) is 13.0. The molecule has 6 rings (SSSR count). The Bertz CT molecular complexity index is 1250. The van der Waals surface area contributed by atoms with Gasteiger partial charge in [0.1, 0.15) is 0 Å². The van der Waals surface area contributed by atoms with Gasteiger partial charge in [0.2, 0.25) is 0 Å². The predicted octanol–water partition coefficient (Wildman–Crippen LogP) is 6.20. The van der Waals surface area contributed by atoms with Crippen molar-refractivity contribution in [3.63, 3.8) is 0 Å². The van der Waals surface area contributed by atoms with Crippen molar-refractivity contribution in [3.05, 3.63) is 83.9 Å². The third kappa shape index (κ3) is 1.37. The molecule has 0 nitrogen and oxygen atoms in total. The van der Waals surface area contributed by atoms with Gasteiger partial charge in [0.05, 0.1) is 0 Å². The Labute approximate surface area is 134 Å². The van der Waals surface area contributed by atoms with Crippen LogP contribution in [0.1, 0.15) is 11.1 Å². The minimum atomic E-state index is 1.05. The topological polar surface area (TPSA) is 0 Å². The van der Waals surface area contributed by atoms with Crippen molar-refractivity contribution < 1.29 is 0 Å². The van der Waals surface area contributed by atoms with Crippen LogP contribution in [-0.4, -0.2) is 0 Å². The monoisotopic (exact) mass is 290 g/mol. The Balaban J connectivity index is 1.96. The van der Waals surface area contributed by atoms with E-state index in [2.05, 4.69) is 72.8 Å². The summed E-state index contributed by atoms with van der Waals surface area (Å²) in [4.78, 5) is 0. The number of rotatable bonds is 0. The summed E-state index contributed by atoms with van der Waals surface area (Å²) in [5, 5.41) is 11.2. The molecule has 0 atom stereocenters. The molecule has 0 spiro atoms. The van der Waals surface area contributed by atoms with Crippen LogP contribution in [0.4, 0.5) is 0 Å². The molecular weight excluding hydrogens is 276 g/mol. The Kier molecular flexibility index (Phi) is 1.98. The minimum absolute atomic E-state index is 1.05. The largest absolute Gasteiger partial charge is 0.0616 e. The molecule has 0 heterocycles. The van der Waals surface area contributed by atoms with Crippen molar-refractivity contribution in [1.82, 2.24) is 0 Å². The molecule has 0 N–H and O–H groups in total. The fraction of sp³-hybridized carbons (Fsp3) is 0.0435. The zero-order chi connectivity index (χ0) is 15.0. The second kappa shape index (κ2) is 3.91. The van der Waals surface area contributed by atoms with E-state index in [1.807, 2.05) is 0 Å². The van der Waals surface area contributed by atoms with Crippen molar-refractivity contribution in [2.24, 2.45) is 0 Å². The van der Waals surface area contributed by atoms with Crippen LogP contribution < -0.4 is 0 Å². The summed E-state index contributed by atoms with van der Waals surface area (Å²) in [6, 6.07) is 26.9. The highest BCUT2D eigenvalue weighted by atomic mass is 14.2. The van der Waals surface area contributed by atoms with Crippen LogP contribution >= 0.6 is 0 Å². The summed E-state index contributed by atoms with van der Waals surface area (Å²) in [6.07, 6.45) is 1.05. The van der Waals surface area contributed by atoms with Gasteiger partial charge in [-0.15, -0.1) is 0 Å². The maximum Gasteiger partial charge on any atom is -0.000661 e. The summed E-state index contributed by atoms with van der Waals surface area (Å²) < 4.78 is 0. The lowest BCUT2D eigenvalue weighted by atomic mass is 9.93. The van der Waals surface area contributed by atoms with Gasteiger partial charge in [-0.2, -0.15) is 0 Å². The first-order valence-corrected chi connectivity index (χ1v) is 8.18. The minimum Gasteiger partial charge on any atom is -0.0616 e. The van der Waals surface area contributed by atoms with Crippen molar-refractivity contribution >= 4 is 43.1 Å². The molecule has 0 saturated heterocycles. The molecule has 0 heteroatoms. The summed E-state index contributed by atoms with van der Waals surface area (Å²) in [7, 11) is 0. The van der Waals surface area contributed by atoms with E-state index in [-0.39, 0.29) is 0 Å². The SMILES string of the molecule is c1ccc2c(c1)ccc1cc3ccc4cccc5c4c3c(c12)C5. The number of hydrogen-bond acceptors (Lipinski definition) is 0. The van der Waals surface area contributed by atoms with Gasteiger partial charge in [-0.1, -0.05) is 66.7 Å². The molecule has 23 heavy (non-hydrogen) atoms. The van der Waals surface area contributed by atoms with Crippen molar-refractivity contribution in [2.45, 2.75) is 6.42 Å². The Morgan fingerprint density at radius 2 is 1.26 bits per heavy atom. The zero-order valence-corrected chi connectivity index (χ0v) is 12.6. The molecule has 0 saturated carbocycles. The number of benzene rings is 5. The van der Waals surface area contributed by atoms with Gasteiger partial charge >= 0.3 is 0 Å². The van der Waals surface area contributed by atoms with Crippen LogP contribution in [0.25, 0.3) is 43.1 Å². The number of hydrogen-bond donors (Lipinski definition) is 0. The average molecular weight is 290 g/mol. The lowest BCUT2D eigenvalue weighted by molar-refractivity contribution is 1.30. The molecule has 0 bridgehead atoms. The smallest absolute Gasteiger partial charge is 0.000661 e. The fourth-order valence-corrected chi connectivity index (χ4v) is 4.47. The molecule has 0 fully saturated rings. The molecule has 5 aromatic carbocycles. The van der Waals surface area contributed by atoms with E-state index in [0.717, 1.165) is 6.42 Å². The number of fused-ring (bicyclic) bond motifs is 4. The highest BCUT2D eigenvalue weighted by molar-refractivity contribution is 6.22. The molecule has 0 aromatic heterocycles. The van der Waals surface area contributed by atoms with Gasteiger partial charge < -0.3 is 0 Å². The Morgan fingerprint density at radius 1 is 0.522 bits per heavy atom. The van der Waals surface area contributed by atoms with E-state index in [4.69, 9.17) is 0 Å². The second-order valence-electron chi connectivity index (χ2n) is 6.60. The lowest BCUT2D eigenvalue weighted by Gasteiger charge is -2.10. The molecule has 0 unspecified atom stereocenters. The van der Waals surface area contributed by atoms with E-state index in [9.17, 15) is 0 Å². The van der Waals surface area contributed by atoms with Gasteiger partial charge in [-0.3, -0.25) is 0 Å². The molecule has 106 valence electrons. The first-order chi connectivity index (χ1) is 11.4. The maximum absolute atomic E-state index is 2.36. The predicted molar refractivity (Wildman–Crippen MR) is 99.3 cm³/mol. The summed E-state index contributed by atoms with van der Waals surface area (Å²) >= 11 is 0.